The molecule has 5 heteroatoms. The van der Waals surface area contributed by atoms with E-state index in [0.29, 0.717) is 18.2 Å². The molecule has 2 saturated heterocycles. The van der Waals surface area contributed by atoms with E-state index < -0.39 is 0 Å². The topological polar surface area (TPSA) is 45.7 Å². The second-order valence-electron chi connectivity index (χ2n) is 7.34. The predicted octanol–water partition coefficient (Wildman–Crippen LogP) is 3.25. The van der Waals surface area contributed by atoms with Crippen molar-refractivity contribution in [1.29, 1.82) is 0 Å². The van der Waals surface area contributed by atoms with Gasteiger partial charge in [0.25, 0.3) is 0 Å². The molecule has 24 heavy (non-hydrogen) atoms. The van der Waals surface area contributed by atoms with Crippen LogP contribution in [0.3, 0.4) is 0 Å². The highest BCUT2D eigenvalue weighted by molar-refractivity contribution is 6.30. The fourth-order valence-corrected chi connectivity index (χ4v) is 4.13. The molecule has 4 rings (SSSR count). The van der Waals surface area contributed by atoms with Gasteiger partial charge in [0.2, 0.25) is 0 Å². The van der Waals surface area contributed by atoms with Gasteiger partial charge in [-0.1, -0.05) is 23.7 Å². The first-order valence-electron chi connectivity index (χ1n) is 9.15. The number of halogens is 1. The van der Waals surface area contributed by atoms with Crippen LogP contribution in [0.25, 0.3) is 0 Å². The van der Waals surface area contributed by atoms with Crippen molar-refractivity contribution in [3.63, 3.8) is 0 Å². The Bertz CT molecular complexity index is 612. The predicted molar refractivity (Wildman–Crippen MR) is 97.8 cm³/mol. The first kappa shape index (κ1) is 16.2. The van der Waals surface area contributed by atoms with Crippen LogP contribution in [-0.2, 0) is 10.2 Å². The van der Waals surface area contributed by atoms with Crippen LogP contribution in [0.5, 0.6) is 0 Å². The average molecular weight is 348 g/mol. The second-order valence-corrected chi connectivity index (χ2v) is 7.78. The molecule has 2 aliphatic heterocycles. The molecule has 3 atom stereocenters. The van der Waals surface area contributed by atoms with E-state index in [0.717, 1.165) is 30.5 Å². The number of guanidine groups is 1. The SMILES string of the molecule is CCNC(=NCC1(c2ccc(Cl)cc2)CC1)NC1CC2CCC1O2. The van der Waals surface area contributed by atoms with E-state index in [-0.39, 0.29) is 5.41 Å². The Morgan fingerprint density at radius 3 is 2.67 bits per heavy atom. The first-order chi connectivity index (χ1) is 11.7. The standard InChI is InChI=1S/C19H26ClN3O/c1-2-21-18(23-16-11-15-7-8-17(16)24-15)22-12-19(9-10-19)13-3-5-14(20)6-4-13/h3-6,15-17H,2,7-12H2,1H3,(H2,21,22,23). The third kappa shape index (κ3) is 3.27. The Hall–Kier alpha value is -1.26. The summed E-state index contributed by atoms with van der Waals surface area (Å²) >= 11 is 6.02. The van der Waals surface area contributed by atoms with Crippen LogP contribution < -0.4 is 10.6 Å². The zero-order chi connectivity index (χ0) is 16.6. The molecule has 130 valence electrons. The highest BCUT2D eigenvalue weighted by Crippen LogP contribution is 2.48. The number of fused-ring (bicyclic) bond motifs is 2. The van der Waals surface area contributed by atoms with E-state index in [1.807, 2.05) is 12.1 Å². The highest BCUT2D eigenvalue weighted by Gasteiger charge is 2.44. The Morgan fingerprint density at radius 1 is 1.29 bits per heavy atom. The number of benzene rings is 1. The molecule has 1 saturated carbocycles. The molecule has 1 aromatic carbocycles. The molecule has 0 amide bonds. The molecule has 4 nitrogen and oxygen atoms in total. The molecule has 1 aromatic rings. The summed E-state index contributed by atoms with van der Waals surface area (Å²) < 4.78 is 5.94. The number of nitrogens with one attached hydrogen (secondary N) is 2. The summed E-state index contributed by atoms with van der Waals surface area (Å²) in [6.45, 7) is 3.81. The number of hydrogen-bond donors (Lipinski definition) is 2. The lowest BCUT2D eigenvalue weighted by molar-refractivity contribution is 0.0992. The van der Waals surface area contributed by atoms with Crippen molar-refractivity contribution in [3.8, 4) is 0 Å². The minimum atomic E-state index is 0.206. The lowest BCUT2D eigenvalue weighted by Crippen LogP contribution is -2.47. The van der Waals surface area contributed by atoms with Crippen LogP contribution in [-0.4, -0.2) is 37.3 Å². The van der Waals surface area contributed by atoms with Gasteiger partial charge in [0.05, 0.1) is 24.8 Å². The van der Waals surface area contributed by atoms with Crippen LogP contribution in [0.2, 0.25) is 5.02 Å². The molecule has 0 spiro atoms. The van der Waals surface area contributed by atoms with Crippen molar-refractivity contribution in [2.24, 2.45) is 4.99 Å². The van der Waals surface area contributed by atoms with Gasteiger partial charge in [-0.25, -0.2) is 0 Å². The molecule has 0 aromatic heterocycles. The van der Waals surface area contributed by atoms with Gasteiger partial charge in [-0.2, -0.15) is 0 Å². The number of rotatable bonds is 5. The van der Waals surface area contributed by atoms with Gasteiger partial charge < -0.3 is 15.4 Å². The third-order valence-electron chi connectivity index (χ3n) is 5.62. The molecular formula is C19H26ClN3O. The summed E-state index contributed by atoms with van der Waals surface area (Å²) in [6.07, 6.45) is 6.73. The minimum Gasteiger partial charge on any atom is -0.373 e. The molecule has 3 aliphatic rings. The smallest absolute Gasteiger partial charge is 0.191 e. The van der Waals surface area contributed by atoms with Gasteiger partial charge in [-0.15, -0.1) is 0 Å². The lowest BCUT2D eigenvalue weighted by atomic mass is 9.95. The van der Waals surface area contributed by atoms with Crippen LogP contribution in [0.4, 0.5) is 0 Å². The molecule has 3 fully saturated rings. The molecule has 2 heterocycles. The van der Waals surface area contributed by atoms with E-state index >= 15 is 0 Å². The average Bonchev–Trinajstić information content (AvgIpc) is 3.08. The van der Waals surface area contributed by atoms with Crippen molar-refractivity contribution in [2.45, 2.75) is 62.7 Å². The minimum absolute atomic E-state index is 0.206. The van der Waals surface area contributed by atoms with Crippen LogP contribution >= 0.6 is 11.6 Å². The quantitative estimate of drug-likeness (QED) is 0.635. The first-order valence-corrected chi connectivity index (χ1v) is 9.53. The molecular weight excluding hydrogens is 322 g/mol. The van der Waals surface area contributed by atoms with Crippen molar-refractivity contribution in [1.82, 2.24) is 10.6 Å². The van der Waals surface area contributed by atoms with Crippen molar-refractivity contribution in [3.05, 3.63) is 34.9 Å². The normalized spacial score (nSPS) is 30.4. The fraction of sp³-hybridized carbons (Fsp3) is 0.632. The van der Waals surface area contributed by atoms with Crippen molar-refractivity contribution < 1.29 is 4.74 Å². The van der Waals surface area contributed by atoms with Crippen LogP contribution in [0.1, 0.15) is 44.6 Å². The van der Waals surface area contributed by atoms with Gasteiger partial charge in [0, 0.05) is 17.0 Å². The molecule has 1 aliphatic carbocycles. The summed E-state index contributed by atoms with van der Waals surface area (Å²) in [7, 11) is 0. The number of aliphatic imine (C=N–C) groups is 1. The Labute approximate surface area is 149 Å². The maximum absolute atomic E-state index is 6.02. The molecule has 0 radical (unpaired) electrons. The zero-order valence-corrected chi connectivity index (χ0v) is 15.0. The summed E-state index contributed by atoms with van der Waals surface area (Å²) in [4.78, 5) is 4.90. The largest absolute Gasteiger partial charge is 0.373 e. The van der Waals surface area contributed by atoms with Gasteiger partial charge in [-0.3, -0.25) is 4.99 Å². The monoisotopic (exact) mass is 347 g/mol. The van der Waals surface area contributed by atoms with Crippen molar-refractivity contribution >= 4 is 17.6 Å². The number of hydrogen-bond acceptors (Lipinski definition) is 2. The van der Waals surface area contributed by atoms with E-state index in [2.05, 4.69) is 29.7 Å². The Kier molecular flexibility index (Phi) is 4.44. The van der Waals surface area contributed by atoms with Gasteiger partial charge in [-0.05, 0) is 56.7 Å². The number of ether oxygens (including phenoxy) is 1. The van der Waals surface area contributed by atoms with E-state index in [1.165, 1.54) is 31.2 Å². The Balaban J connectivity index is 1.42. The van der Waals surface area contributed by atoms with E-state index in [9.17, 15) is 0 Å². The molecule has 2 bridgehead atoms. The second kappa shape index (κ2) is 6.57. The summed E-state index contributed by atoms with van der Waals surface area (Å²) in [5, 5.41) is 7.79. The fourth-order valence-electron chi connectivity index (χ4n) is 4.01. The highest BCUT2D eigenvalue weighted by atomic mass is 35.5. The van der Waals surface area contributed by atoms with Crippen LogP contribution in [0.15, 0.2) is 29.3 Å². The Morgan fingerprint density at radius 2 is 2.08 bits per heavy atom. The summed E-state index contributed by atoms with van der Waals surface area (Å²) in [5.41, 5.74) is 1.56. The number of nitrogens with zero attached hydrogens (tertiary/aromatic N) is 1. The lowest BCUT2D eigenvalue weighted by Gasteiger charge is -2.23. The van der Waals surface area contributed by atoms with Gasteiger partial charge in [0.1, 0.15) is 0 Å². The van der Waals surface area contributed by atoms with Gasteiger partial charge in [0.15, 0.2) is 5.96 Å². The maximum Gasteiger partial charge on any atom is 0.191 e. The summed E-state index contributed by atoms with van der Waals surface area (Å²) in [5.74, 6) is 0.930. The van der Waals surface area contributed by atoms with E-state index in [1.54, 1.807) is 0 Å². The van der Waals surface area contributed by atoms with E-state index in [4.69, 9.17) is 21.3 Å². The molecule has 3 unspecified atom stereocenters. The maximum atomic E-state index is 6.02. The van der Waals surface area contributed by atoms with Crippen molar-refractivity contribution in [2.75, 3.05) is 13.1 Å². The third-order valence-corrected chi connectivity index (χ3v) is 5.87. The molecule has 2 N–H and O–H groups in total. The summed E-state index contributed by atoms with van der Waals surface area (Å²) in [6, 6.07) is 8.67. The zero-order valence-electron chi connectivity index (χ0n) is 14.2. The van der Waals surface area contributed by atoms with Gasteiger partial charge >= 0.3 is 0 Å². The van der Waals surface area contributed by atoms with Crippen LogP contribution in [0, 0.1) is 0 Å².